The fourth-order valence-electron chi connectivity index (χ4n) is 0.915. The Kier molecular flexibility index (Phi) is 4.56. The highest BCUT2D eigenvalue weighted by atomic mass is 16.1. The van der Waals surface area contributed by atoms with Gasteiger partial charge in [0.2, 0.25) is 0 Å². The number of hydrogen-bond acceptors (Lipinski definition) is 1. The van der Waals surface area contributed by atoms with E-state index in [2.05, 4.69) is 12.3 Å². The molecular weight excluding hydrogens is 136 g/mol. The van der Waals surface area contributed by atoms with Crippen molar-refractivity contribution in [2.45, 2.75) is 33.6 Å². The van der Waals surface area contributed by atoms with Gasteiger partial charge in [-0.2, -0.15) is 0 Å². The number of hydrogen-bond donors (Lipinski definition) is 0. The van der Waals surface area contributed by atoms with E-state index in [1.165, 1.54) is 0 Å². The number of Topliss-reactive ketones (excluding diaryl/α,β-unsaturated/α-hetero) is 1. The Morgan fingerprint density at radius 1 is 1.55 bits per heavy atom. The molecule has 0 aliphatic carbocycles. The Morgan fingerprint density at radius 3 is 2.36 bits per heavy atom. The quantitative estimate of drug-likeness (QED) is 0.447. The van der Waals surface area contributed by atoms with Gasteiger partial charge in [-0.05, 0) is 12.3 Å². The molecule has 62 valence electrons. The van der Waals surface area contributed by atoms with Crippen molar-refractivity contribution in [1.29, 1.82) is 0 Å². The number of ketones is 1. The molecule has 0 rings (SSSR count). The molecule has 0 saturated carbocycles. The van der Waals surface area contributed by atoms with E-state index in [-0.39, 0.29) is 5.78 Å². The summed E-state index contributed by atoms with van der Waals surface area (Å²) >= 11 is 0. The monoisotopic (exact) mass is 152 g/mol. The lowest BCUT2D eigenvalue weighted by atomic mass is 10.0. The summed E-state index contributed by atoms with van der Waals surface area (Å²) in [5.41, 5.74) is 3.41. The van der Waals surface area contributed by atoms with Crippen molar-refractivity contribution in [1.82, 2.24) is 0 Å². The molecule has 0 saturated heterocycles. The van der Waals surface area contributed by atoms with Gasteiger partial charge in [0, 0.05) is 12.0 Å². The summed E-state index contributed by atoms with van der Waals surface area (Å²) in [6.07, 6.45) is 1.36. The second-order valence-corrected chi connectivity index (χ2v) is 3.03. The molecule has 0 aromatic heterocycles. The normalized spacial score (nSPS) is 9.45. The average Bonchev–Trinajstić information content (AvgIpc) is 1.88. The molecule has 1 heteroatoms. The van der Waals surface area contributed by atoms with Gasteiger partial charge in [-0.3, -0.25) is 4.79 Å². The van der Waals surface area contributed by atoms with Crippen molar-refractivity contribution in [3.05, 3.63) is 17.9 Å². The van der Waals surface area contributed by atoms with Crippen LogP contribution in [0.1, 0.15) is 33.6 Å². The van der Waals surface area contributed by atoms with Crippen molar-refractivity contribution in [2.24, 2.45) is 5.92 Å². The molecule has 0 bridgehead atoms. The molecule has 0 unspecified atom stereocenters. The third-order valence-electron chi connectivity index (χ3n) is 1.50. The van der Waals surface area contributed by atoms with Crippen molar-refractivity contribution in [2.75, 3.05) is 0 Å². The van der Waals surface area contributed by atoms with Gasteiger partial charge in [-0.15, -0.1) is 5.73 Å². The van der Waals surface area contributed by atoms with Crippen LogP contribution in [0.15, 0.2) is 17.9 Å². The van der Waals surface area contributed by atoms with Gasteiger partial charge in [0.05, 0.1) is 0 Å². The predicted molar refractivity (Wildman–Crippen MR) is 47.4 cm³/mol. The first-order valence-electron chi connectivity index (χ1n) is 4.03. The number of allylic oxidation sites excluding steroid dienone is 1. The van der Waals surface area contributed by atoms with E-state index in [1.54, 1.807) is 0 Å². The molecular formula is C10H16O. The molecule has 11 heavy (non-hydrogen) atoms. The summed E-state index contributed by atoms with van der Waals surface area (Å²) in [5.74, 6) is 0.620. The van der Waals surface area contributed by atoms with Crippen LogP contribution in [0.2, 0.25) is 0 Å². The molecule has 0 fully saturated rings. The lowest BCUT2D eigenvalue weighted by Gasteiger charge is -2.03. The topological polar surface area (TPSA) is 17.1 Å². The van der Waals surface area contributed by atoms with Gasteiger partial charge in [0.1, 0.15) is 0 Å². The first kappa shape index (κ1) is 10.2. The lowest BCUT2D eigenvalue weighted by molar-refractivity contribution is -0.116. The van der Waals surface area contributed by atoms with Crippen LogP contribution >= 0.6 is 0 Å². The Balaban J connectivity index is 4.13. The predicted octanol–water partition coefficient (Wildman–Crippen LogP) is 2.72. The molecule has 0 aromatic rings. The maximum atomic E-state index is 11.3. The van der Waals surface area contributed by atoms with E-state index in [0.717, 1.165) is 12.0 Å². The van der Waals surface area contributed by atoms with E-state index in [0.29, 0.717) is 12.3 Å². The zero-order valence-electron chi connectivity index (χ0n) is 7.61. The number of carbonyl (C=O) groups is 1. The maximum Gasteiger partial charge on any atom is 0.166 e. The maximum absolute atomic E-state index is 11.3. The zero-order valence-corrected chi connectivity index (χ0v) is 7.61. The molecule has 1 nitrogen and oxygen atoms in total. The first-order valence-corrected chi connectivity index (χ1v) is 4.03. The summed E-state index contributed by atoms with van der Waals surface area (Å²) in [6, 6.07) is 0. The second-order valence-electron chi connectivity index (χ2n) is 3.03. The van der Waals surface area contributed by atoms with Gasteiger partial charge in [-0.1, -0.05) is 27.4 Å². The molecule has 0 atom stereocenters. The van der Waals surface area contributed by atoms with E-state index in [1.807, 2.05) is 20.8 Å². The molecule has 0 spiro atoms. The van der Waals surface area contributed by atoms with Crippen LogP contribution in [-0.2, 0) is 4.79 Å². The fraction of sp³-hybridized carbons (Fsp3) is 0.600. The Bertz CT molecular complexity index is 183. The minimum Gasteiger partial charge on any atom is -0.294 e. The molecule has 0 N–H and O–H groups in total. The summed E-state index contributed by atoms with van der Waals surface area (Å²) in [4.78, 5) is 11.3. The van der Waals surface area contributed by atoms with Crippen LogP contribution in [-0.4, -0.2) is 5.78 Å². The van der Waals surface area contributed by atoms with Crippen LogP contribution in [0, 0.1) is 5.92 Å². The minimum atomic E-state index is 0.192. The van der Waals surface area contributed by atoms with Crippen molar-refractivity contribution in [3.63, 3.8) is 0 Å². The van der Waals surface area contributed by atoms with Gasteiger partial charge >= 0.3 is 0 Å². The standard InChI is InChI=1S/C10H16O/c1-5-9(6-2)10(11)7-8(3)4/h8H,1,6-7H2,2-4H3. The smallest absolute Gasteiger partial charge is 0.166 e. The largest absolute Gasteiger partial charge is 0.294 e. The van der Waals surface area contributed by atoms with Crippen LogP contribution < -0.4 is 0 Å². The van der Waals surface area contributed by atoms with E-state index < -0.39 is 0 Å². The van der Waals surface area contributed by atoms with Crippen molar-refractivity contribution < 1.29 is 4.79 Å². The zero-order chi connectivity index (χ0) is 8.85. The summed E-state index contributed by atoms with van der Waals surface area (Å²) < 4.78 is 0. The molecule has 0 amide bonds. The Morgan fingerprint density at radius 2 is 2.09 bits per heavy atom. The molecule has 0 radical (unpaired) electrons. The van der Waals surface area contributed by atoms with Gasteiger partial charge in [0.25, 0.3) is 0 Å². The van der Waals surface area contributed by atoms with E-state index in [4.69, 9.17) is 0 Å². The molecule has 0 heterocycles. The summed E-state index contributed by atoms with van der Waals surface area (Å²) in [6.45, 7) is 9.50. The molecule has 0 aromatic carbocycles. The van der Waals surface area contributed by atoms with Gasteiger partial charge < -0.3 is 0 Å². The number of carbonyl (C=O) groups excluding carboxylic acids is 1. The third-order valence-corrected chi connectivity index (χ3v) is 1.50. The Labute approximate surface area is 68.8 Å². The average molecular weight is 152 g/mol. The number of rotatable bonds is 4. The lowest BCUT2D eigenvalue weighted by Crippen LogP contribution is -2.04. The SMILES string of the molecule is C=C=C(CC)C(=O)CC(C)C. The van der Waals surface area contributed by atoms with Crippen LogP contribution in [0.4, 0.5) is 0 Å². The summed E-state index contributed by atoms with van der Waals surface area (Å²) in [7, 11) is 0. The van der Waals surface area contributed by atoms with E-state index in [9.17, 15) is 4.79 Å². The molecule has 0 aliphatic rings. The van der Waals surface area contributed by atoms with Crippen molar-refractivity contribution >= 4 is 5.78 Å². The van der Waals surface area contributed by atoms with Crippen LogP contribution in [0.5, 0.6) is 0 Å². The van der Waals surface area contributed by atoms with Crippen LogP contribution in [0.25, 0.3) is 0 Å². The third kappa shape index (κ3) is 3.79. The highest BCUT2D eigenvalue weighted by Gasteiger charge is 2.08. The fourth-order valence-corrected chi connectivity index (χ4v) is 0.915. The van der Waals surface area contributed by atoms with E-state index >= 15 is 0 Å². The van der Waals surface area contributed by atoms with Gasteiger partial charge in [0.15, 0.2) is 5.78 Å². The van der Waals surface area contributed by atoms with Gasteiger partial charge in [-0.25, -0.2) is 0 Å². The minimum absolute atomic E-state index is 0.192. The highest BCUT2D eigenvalue weighted by molar-refractivity contribution is 5.95. The highest BCUT2D eigenvalue weighted by Crippen LogP contribution is 2.08. The molecule has 0 aliphatic heterocycles. The summed E-state index contributed by atoms with van der Waals surface area (Å²) in [5, 5.41) is 0. The first-order chi connectivity index (χ1) is 5.11. The van der Waals surface area contributed by atoms with Crippen molar-refractivity contribution in [3.8, 4) is 0 Å². The Hall–Kier alpha value is -0.810. The second kappa shape index (κ2) is 4.92. The van der Waals surface area contributed by atoms with Crippen LogP contribution in [0.3, 0.4) is 0 Å².